The SMILES string of the molecule is CC(C)n1c(SCc2c(Cl)cccc2Cl)nnc1C1CC1. The highest BCUT2D eigenvalue weighted by molar-refractivity contribution is 7.98. The lowest BCUT2D eigenvalue weighted by Crippen LogP contribution is -2.07. The molecule has 3 nitrogen and oxygen atoms in total. The molecule has 112 valence electrons. The Morgan fingerprint density at radius 2 is 1.90 bits per heavy atom. The average molecular weight is 342 g/mol. The molecule has 21 heavy (non-hydrogen) atoms. The van der Waals surface area contributed by atoms with E-state index in [0.29, 0.717) is 27.8 Å². The van der Waals surface area contributed by atoms with Crippen LogP contribution >= 0.6 is 35.0 Å². The maximum absolute atomic E-state index is 6.22. The number of hydrogen-bond acceptors (Lipinski definition) is 3. The molecule has 1 aromatic carbocycles. The molecule has 0 bridgehead atoms. The summed E-state index contributed by atoms with van der Waals surface area (Å²) >= 11 is 14.1. The van der Waals surface area contributed by atoms with Crippen LogP contribution in [0, 0.1) is 0 Å². The molecule has 1 aliphatic carbocycles. The molecule has 2 aromatic rings. The molecule has 0 radical (unpaired) electrons. The predicted molar refractivity (Wildman–Crippen MR) is 88.4 cm³/mol. The van der Waals surface area contributed by atoms with Crippen LogP contribution in [-0.4, -0.2) is 14.8 Å². The molecular formula is C15H17Cl2N3S. The molecule has 0 spiro atoms. The van der Waals surface area contributed by atoms with Gasteiger partial charge in [0.25, 0.3) is 0 Å². The fourth-order valence-electron chi connectivity index (χ4n) is 2.30. The van der Waals surface area contributed by atoms with Gasteiger partial charge in [-0.05, 0) is 44.4 Å². The minimum atomic E-state index is 0.361. The molecule has 0 N–H and O–H groups in total. The molecule has 1 fully saturated rings. The maximum atomic E-state index is 6.22. The Morgan fingerprint density at radius 3 is 2.48 bits per heavy atom. The van der Waals surface area contributed by atoms with Crippen LogP contribution in [0.5, 0.6) is 0 Å². The summed E-state index contributed by atoms with van der Waals surface area (Å²) in [4.78, 5) is 0. The van der Waals surface area contributed by atoms with E-state index in [0.717, 1.165) is 16.5 Å². The van der Waals surface area contributed by atoms with Crippen molar-refractivity contribution in [2.75, 3.05) is 0 Å². The van der Waals surface area contributed by atoms with Gasteiger partial charge in [-0.2, -0.15) is 0 Å². The summed E-state index contributed by atoms with van der Waals surface area (Å²) in [7, 11) is 0. The molecule has 0 aliphatic heterocycles. The molecule has 6 heteroatoms. The van der Waals surface area contributed by atoms with Gasteiger partial charge in [0.05, 0.1) is 0 Å². The Hall–Kier alpha value is -0.710. The zero-order chi connectivity index (χ0) is 15.0. The lowest BCUT2D eigenvalue weighted by Gasteiger charge is -2.13. The number of hydrogen-bond donors (Lipinski definition) is 0. The second-order valence-corrected chi connectivity index (χ2v) is 7.32. The van der Waals surface area contributed by atoms with Crippen LogP contribution in [0.3, 0.4) is 0 Å². The first-order valence-corrected chi connectivity index (χ1v) is 8.82. The van der Waals surface area contributed by atoms with Gasteiger partial charge in [0.1, 0.15) is 5.82 Å². The van der Waals surface area contributed by atoms with E-state index in [1.807, 2.05) is 18.2 Å². The molecule has 1 aromatic heterocycles. The average Bonchev–Trinajstić information content (AvgIpc) is 3.18. The second-order valence-electron chi connectivity index (χ2n) is 5.57. The van der Waals surface area contributed by atoms with Crippen molar-refractivity contribution in [3.8, 4) is 0 Å². The van der Waals surface area contributed by atoms with Crippen LogP contribution in [-0.2, 0) is 5.75 Å². The molecule has 1 heterocycles. The minimum absolute atomic E-state index is 0.361. The first-order chi connectivity index (χ1) is 10.1. The number of thioether (sulfide) groups is 1. The van der Waals surface area contributed by atoms with Gasteiger partial charge in [0, 0.05) is 27.8 Å². The van der Waals surface area contributed by atoms with Crippen LogP contribution in [0.4, 0.5) is 0 Å². The highest BCUT2D eigenvalue weighted by Gasteiger charge is 2.31. The molecule has 1 aliphatic rings. The maximum Gasteiger partial charge on any atom is 0.191 e. The zero-order valence-electron chi connectivity index (χ0n) is 12.0. The summed E-state index contributed by atoms with van der Waals surface area (Å²) in [6.07, 6.45) is 2.46. The fraction of sp³-hybridized carbons (Fsp3) is 0.467. The van der Waals surface area contributed by atoms with Crippen LogP contribution in [0.2, 0.25) is 10.0 Å². The van der Waals surface area contributed by atoms with Gasteiger partial charge in [-0.1, -0.05) is 41.0 Å². The van der Waals surface area contributed by atoms with Gasteiger partial charge in [0.15, 0.2) is 5.16 Å². The highest BCUT2D eigenvalue weighted by Crippen LogP contribution is 2.41. The number of benzene rings is 1. The van der Waals surface area contributed by atoms with Crippen molar-refractivity contribution >= 4 is 35.0 Å². The summed E-state index contributed by atoms with van der Waals surface area (Å²) in [6, 6.07) is 5.96. The quantitative estimate of drug-likeness (QED) is 0.688. The van der Waals surface area contributed by atoms with Crippen molar-refractivity contribution in [3.05, 3.63) is 39.6 Å². The molecule has 0 amide bonds. The van der Waals surface area contributed by atoms with Gasteiger partial charge in [-0.15, -0.1) is 10.2 Å². The largest absolute Gasteiger partial charge is 0.303 e. The Balaban J connectivity index is 1.82. The van der Waals surface area contributed by atoms with Crippen LogP contribution in [0.25, 0.3) is 0 Å². The van der Waals surface area contributed by atoms with E-state index in [1.54, 1.807) is 11.8 Å². The smallest absolute Gasteiger partial charge is 0.191 e. The van der Waals surface area contributed by atoms with Gasteiger partial charge >= 0.3 is 0 Å². The van der Waals surface area contributed by atoms with Gasteiger partial charge in [-0.25, -0.2) is 0 Å². The van der Waals surface area contributed by atoms with Crippen molar-refractivity contribution in [3.63, 3.8) is 0 Å². The molecule has 0 unspecified atom stereocenters. The van der Waals surface area contributed by atoms with E-state index < -0.39 is 0 Å². The summed E-state index contributed by atoms with van der Waals surface area (Å²) in [5, 5.41) is 11.1. The normalized spacial score (nSPS) is 14.9. The van der Waals surface area contributed by atoms with Gasteiger partial charge in [-0.3, -0.25) is 0 Å². The van der Waals surface area contributed by atoms with Crippen molar-refractivity contribution in [1.82, 2.24) is 14.8 Å². The molecule has 3 rings (SSSR count). The van der Waals surface area contributed by atoms with Crippen molar-refractivity contribution < 1.29 is 0 Å². The van der Waals surface area contributed by atoms with E-state index >= 15 is 0 Å². The molecular weight excluding hydrogens is 325 g/mol. The lowest BCUT2D eigenvalue weighted by atomic mass is 10.2. The monoisotopic (exact) mass is 341 g/mol. The topological polar surface area (TPSA) is 30.7 Å². The van der Waals surface area contributed by atoms with E-state index in [9.17, 15) is 0 Å². The lowest BCUT2D eigenvalue weighted by molar-refractivity contribution is 0.526. The van der Waals surface area contributed by atoms with Crippen LogP contribution in [0.1, 0.15) is 50.0 Å². The predicted octanol–water partition coefficient (Wildman–Crippen LogP) is 5.34. The van der Waals surface area contributed by atoms with Crippen LogP contribution < -0.4 is 0 Å². The van der Waals surface area contributed by atoms with Gasteiger partial charge < -0.3 is 4.57 Å². The zero-order valence-corrected chi connectivity index (χ0v) is 14.3. The van der Waals surface area contributed by atoms with Crippen LogP contribution in [0.15, 0.2) is 23.4 Å². The van der Waals surface area contributed by atoms with E-state index in [-0.39, 0.29) is 0 Å². The fourth-order valence-corrected chi connectivity index (χ4v) is 4.11. The summed E-state index contributed by atoms with van der Waals surface area (Å²) in [5.41, 5.74) is 0.956. The number of halogens is 2. The Bertz CT molecular complexity index is 630. The van der Waals surface area contributed by atoms with E-state index in [2.05, 4.69) is 28.6 Å². The van der Waals surface area contributed by atoms with Crippen molar-refractivity contribution in [2.45, 2.75) is 49.6 Å². The second kappa shape index (κ2) is 6.19. The third-order valence-corrected chi connectivity index (χ3v) is 5.23. The number of rotatable bonds is 5. The molecule has 1 saturated carbocycles. The molecule has 0 atom stereocenters. The summed E-state index contributed by atoms with van der Waals surface area (Å²) in [5.74, 6) is 2.42. The Morgan fingerprint density at radius 1 is 1.24 bits per heavy atom. The Labute approximate surface area is 139 Å². The summed E-state index contributed by atoms with van der Waals surface area (Å²) in [6.45, 7) is 4.34. The highest BCUT2D eigenvalue weighted by atomic mass is 35.5. The number of nitrogens with zero attached hydrogens (tertiary/aromatic N) is 3. The molecule has 0 saturated heterocycles. The van der Waals surface area contributed by atoms with E-state index in [1.165, 1.54) is 12.8 Å². The Kier molecular flexibility index (Phi) is 4.48. The van der Waals surface area contributed by atoms with Crippen molar-refractivity contribution in [2.24, 2.45) is 0 Å². The summed E-state index contributed by atoms with van der Waals surface area (Å²) < 4.78 is 2.24. The number of aromatic nitrogens is 3. The third kappa shape index (κ3) is 3.22. The standard InChI is InChI=1S/C15H17Cl2N3S/c1-9(2)20-14(10-6-7-10)18-19-15(20)21-8-11-12(16)4-3-5-13(11)17/h3-5,9-10H,6-8H2,1-2H3. The van der Waals surface area contributed by atoms with Crippen molar-refractivity contribution in [1.29, 1.82) is 0 Å². The first kappa shape index (κ1) is 15.2. The minimum Gasteiger partial charge on any atom is -0.303 e. The third-order valence-electron chi connectivity index (χ3n) is 3.56. The first-order valence-electron chi connectivity index (χ1n) is 7.08. The van der Waals surface area contributed by atoms with Gasteiger partial charge in [0.2, 0.25) is 0 Å². The van der Waals surface area contributed by atoms with E-state index in [4.69, 9.17) is 23.2 Å².